The number of hydrogen-bond donors (Lipinski definition) is 0. The molecule has 2 aromatic heterocycles. The van der Waals surface area contributed by atoms with Gasteiger partial charge in [-0.25, -0.2) is 0 Å². The smallest absolute Gasteiger partial charge is 0.101 e. The first-order chi connectivity index (χ1) is 28.1. The largest absolute Gasteiger partial charge is 0.310 e. The summed E-state index contributed by atoms with van der Waals surface area (Å²) >= 11 is 0. The topological polar surface area (TPSA) is 92.4 Å². The van der Waals surface area contributed by atoms with Crippen molar-refractivity contribution in [1.29, 1.82) is 15.8 Å². The van der Waals surface area contributed by atoms with Crippen molar-refractivity contribution in [2.24, 2.45) is 0 Å². The zero-order valence-electron chi connectivity index (χ0n) is 30.3. The van der Waals surface area contributed by atoms with Gasteiger partial charge in [0, 0.05) is 40.1 Å². The van der Waals surface area contributed by atoms with Gasteiger partial charge in [0.1, 0.15) is 12.1 Å². The Morgan fingerprint density at radius 2 is 1.09 bits per heavy atom. The van der Waals surface area contributed by atoms with E-state index in [1.165, 1.54) is 28.3 Å². The normalized spacial score (nSPS) is 13.0. The number of fused-ring (bicyclic) bond motifs is 12. The van der Waals surface area contributed by atoms with E-state index in [0.717, 1.165) is 55.7 Å². The maximum atomic E-state index is 10.5. The van der Waals surface area contributed by atoms with Gasteiger partial charge < -0.3 is 9.47 Å². The maximum absolute atomic E-state index is 10.5. The first kappa shape index (κ1) is 32.2. The van der Waals surface area contributed by atoms with Crippen molar-refractivity contribution >= 4 is 38.9 Å². The van der Waals surface area contributed by atoms with Crippen molar-refractivity contribution in [3.63, 3.8) is 0 Å². The third kappa shape index (κ3) is 4.34. The second kappa shape index (κ2) is 12.1. The van der Waals surface area contributed by atoms with Crippen molar-refractivity contribution in [2.45, 2.75) is 5.41 Å². The van der Waals surface area contributed by atoms with Gasteiger partial charge in [-0.1, -0.05) is 103 Å². The zero-order valence-corrected chi connectivity index (χ0v) is 30.3. The summed E-state index contributed by atoms with van der Waals surface area (Å²) in [5, 5.41) is 32.9. The lowest BCUT2D eigenvalue weighted by Gasteiger charge is -2.45. The first-order valence-electron chi connectivity index (χ1n) is 18.7. The van der Waals surface area contributed by atoms with Crippen LogP contribution < -0.4 is 4.90 Å². The fourth-order valence-corrected chi connectivity index (χ4v) is 9.59. The average molecular weight is 725 g/mol. The molecule has 0 saturated heterocycles. The first-order valence-corrected chi connectivity index (χ1v) is 18.7. The summed E-state index contributed by atoms with van der Waals surface area (Å²) in [5.41, 5.74) is 14.4. The van der Waals surface area contributed by atoms with Gasteiger partial charge in [-0.15, -0.1) is 0 Å². The van der Waals surface area contributed by atoms with Crippen molar-refractivity contribution in [3.05, 3.63) is 209 Å². The van der Waals surface area contributed by atoms with Gasteiger partial charge in [0.15, 0.2) is 0 Å². The van der Waals surface area contributed by atoms with Gasteiger partial charge in [0.2, 0.25) is 0 Å². The van der Waals surface area contributed by atoms with E-state index in [4.69, 9.17) is 0 Å². The fraction of sp³-hybridized carbons (Fsp3) is 0.0196. The number of pyridine rings is 1. The average Bonchev–Trinajstić information content (AvgIpc) is 3.77. The number of anilines is 3. The van der Waals surface area contributed by atoms with Crippen LogP contribution in [0.4, 0.5) is 17.1 Å². The molecule has 0 unspecified atom stereocenters. The summed E-state index contributed by atoms with van der Waals surface area (Å²) in [5.74, 6) is 0. The van der Waals surface area contributed by atoms with Crippen LogP contribution in [0.5, 0.6) is 0 Å². The second-order valence-corrected chi connectivity index (χ2v) is 14.5. The molecule has 6 nitrogen and oxygen atoms in total. The molecule has 0 saturated carbocycles. The number of hydrogen-bond acceptors (Lipinski definition) is 5. The van der Waals surface area contributed by atoms with E-state index in [1.807, 2.05) is 24.4 Å². The second-order valence-electron chi connectivity index (χ2n) is 14.5. The van der Waals surface area contributed by atoms with Gasteiger partial charge in [-0.3, -0.25) is 4.98 Å². The van der Waals surface area contributed by atoms with Crippen molar-refractivity contribution < 1.29 is 0 Å². The summed E-state index contributed by atoms with van der Waals surface area (Å²) in [4.78, 5) is 6.81. The molecule has 1 aliphatic carbocycles. The minimum atomic E-state index is -0.575. The standard InChI is InChI=1S/C51H28N6/c52-28-32-23-34(29-53)41(30-54)40(24-32)33-25-35(56-47-18-8-3-13-39(47)42-31-55-22-21-48(42)56)27-36(26-33)57-49-19-9-6-16-45(49)51(46-17-7-10-20-50(46)57)43-14-4-1-11-37(43)38-12-2-5-15-44(38)51/h1-27,31H. The molecule has 262 valence electrons. The Hall–Kier alpha value is -8.24. The fourth-order valence-electron chi connectivity index (χ4n) is 9.59. The molecule has 0 fully saturated rings. The highest BCUT2D eigenvalue weighted by atomic mass is 15.2. The van der Waals surface area contributed by atoms with E-state index in [9.17, 15) is 15.8 Å². The van der Waals surface area contributed by atoms with Crippen LogP contribution in [0.1, 0.15) is 38.9 Å². The molecule has 6 heteroatoms. The molecule has 3 heterocycles. The lowest BCUT2D eigenvalue weighted by molar-refractivity contribution is 0.752. The summed E-state index contributed by atoms with van der Waals surface area (Å²) < 4.78 is 2.23. The zero-order chi connectivity index (χ0) is 38.3. The number of aromatic nitrogens is 2. The highest BCUT2D eigenvalue weighted by Gasteiger charge is 2.51. The van der Waals surface area contributed by atoms with Crippen LogP contribution in [0.25, 0.3) is 49.7 Å². The Labute approximate surface area is 328 Å². The molecule has 1 aliphatic heterocycles. The van der Waals surface area contributed by atoms with Crippen LogP contribution in [0.3, 0.4) is 0 Å². The molecular weight excluding hydrogens is 697 g/mol. The Balaban J connectivity index is 1.26. The number of para-hydroxylation sites is 3. The van der Waals surface area contributed by atoms with Crippen LogP contribution in [-0.4, -0.2) is 9.55 Å². The van der Waals surface area contributed by atoms with Crippen LogP contribution in [0.15, 0.2) is 170 Å². The molecule has 9 aromatic rings. The highest BCUT2D eigenvalue weighted by Crippen LogP contribution is 2.63. The van der Waals surface area contributed by atoms with Gasteiger partial charge in [-0.2, -0.15) is 15.8 Å². The molecular formula is C51H28N6. The summed E-state index contributed by atoms with van der Waals surface area (Å²) in [6.45, 7) is 0. The minimum absolute atomic E-state index is 0.163. The SMILES string of the molecule is N#Cc1cc(C#N)c(C#N)c(-c2cc(N3c4ccccc4C4(c5ccccc5-c5ccccc54)c4ccccc43)cc(-n3c4ccccc4c4cnccc43)c2)c1. The van der Waals surface area contributed by atoms with E-state index in [1.54, 1.807) is 12.3 Å². The molecule has 0 radical (unpaired) electrons. The third-order valence-electron chi connectivity index (χ3n) is 11.8. The van der Waals surface area contributed by atoms with E-state index in [0.29, 0.717) is 16.7 Å². The number of nitriles is 3. The molecule has 57 heavy (non-hydrogen) atoms. The lowest BCUT2D eigenvalue weighted by atomic mass is 9.64. The summed E-state index contributed by atoms with van der Waals surface area (Å²) in [7, 11) is 0. The third-order valence-corrected chi connectivity index (χ3v) is 11.8. The predicted molar refractivity (Wildman–Crippen MR) is 224 cm³/mol. The van der Waals surface area contributed by atoms with Crippen LogP contribution in [0, 0.1) is 34.0 Å². The maximum Gasteiger partial charge on any atom is 0.101 e. The lowest BCUT2D eigenvalue weighted by Crippen LogP contribution is -2.36. The molecule has 7 aromatic carbocycles. The number of benzene rings is 7. The van der Waals surface area contributed by atoms with E-state index >= 15 is 0 Å². The summed E-state index contributed by atoms with van der Waals surface area (Å²) in [6, 6.07) is 61.4. The molecule has 1 spiro atoms. The molecule has 0 amide bonds. The van der Waals surface area contributed by atoms with Crippen LogP contribution in [0.2, 0.25) is 0 Å². The van der Waals surface area contributed by atoms with E-state index in [-0.39, 0.29) is 11.1 Å². The quantitative estimate of drug-likeness (QED) is 0.181. The van der Waals surface area contributed by atoms with Gasteiger partial charge >= 0.3 is 0 Å². The van der Waals surface area contributed by atoms with Gasteiger partial charge in [-0.05, 0) is 93.5 Å². The molecule has 2 aliphatic rings. The molecule has 0 atom stereocenters. The molecule has 11 rings (SSSR count). The Bertz CT molecular complexity index is 3170. The monoisotopic (exact) mass is 724 g/mol. The van der Waals surface area contributed by atoms with Gasteiger partial charge in [0.25, 0.3) is 0 Å². The Morgan fingerprint density at radius 1 is 0.491 bits per heavy atom. The Kier molecular flexibility index (Phi) is 6.86. The van der Waals surface area contributed by atoms with E-state index < -0.39 is 5.41 Å². The van der Waals surface area contributed by atoms with E-state index in [2.05, 4.69) is 160 Å². The number of rotatable bonds is 3. The number of nitrogens with zero attached hydrogens (tertiary/aromatic N) is 6. The molecule has 0 N–H and O–H groups in total. The van der Waals surface area contributed by atoms with Crippen LogP contribution in [-0.2, 0) is 5.41 Å². The van der Waals surface area contributed by atoms with Crippen molar-refractivity contribution in [3.8, 4) is 46.1 Å². The minimum Gasteiger partial charge on any atom is -0.310 e. The van der Waals surface area contributed by atoms with Gasteiger partial charge in [0.05, 0.1) is 50.6 Å². The van der Waals surface area contributed by atoms with Crippen molar-refractivity contribution in [1.82, 2.24) is 9.55 Å². The van der Waals surface area contributed by atoms with Crippen LogP contribution >= 0.6 is 0 Å². The highest BCUT2D eigenvalue weighted by molar-refractivity contribution is 6.09. The Morgan fingerprint density at radius 3 is 1.75 bits per heavy atom. The van der Waals surface area contributed by atoms with Crippen molar-refractivity contribution in [2.75, 3.05) is 4.90 Å². The predicted octanol–water partition coefficient (Wildman–Crippen LogP) is 11.6. The molecule has 0 bridgehead atoms. The summed E-state index contributed by atoms with van der Waals surface area (Å²) in [6.07, 6.45) is 3.70.